The highest BCUT2D eigenvalue weighted by molar-refractivity contribution is 6.03. The van der Waals surface area contributed by atoms with Gasteiger partial charge in [0.05, 0.1) is 5.56 Å². The highest BCUT2D eigenvalue weighted by Crippen LogP contribution is 2.21. The average molecular weight is 282 g/mol. The lowest BCUT2D eigenvalue weighted by Gasteiger charge is -2.04. The summed E-state index contributed by atoms with van der Waals surface area (Å²) in [6.07, 6.45) is 0.613. The van der Waals surface area contributed by atoms with E-state index in [1.807, 2.05) is 6.92 Å². The second kappa shape index (κ2) is 5.24. The standard InChI is InChI=1S/C12H12F2N4O2/c1-3-8-15-12(17-18(8)2)16-11(20)6-4-5-7(19)10(14)9(6)13/h4-5,19H,3H2,1-2H3,(H,16,17,20). The summed E-state index contributed by atoms with van der Waals surface area (Å²) < 4.78 is 28.2. The number of nitrogens with one attached hydrogen (secondary N) is 1. The van der Waals surface area contributed by atoms with Crippen molar-refractivity contribution in [2.75, 3.05) is 5.32 Å². The highest BCUT2D eigenvalue weighted by Gasteiger charge is 2.19. The molecule has 106 valence electrons. The lowest BCUT2D eigenvalue weighted by atomic mass is 10.2. The van der Waals surface area contributed by atoms with Gasteiger partial charge in [0.25, 0.3) is 5.91 Å². The molecule has 6 nitrogen and oxygen atoms in total. The van der Waals surface area contributed by atoms with Gasteiger partial charge in [-0.05, 0) is 12.1 Å². The molecule has 1 heterocycles. The van der Waals surface area contributed by atoms with Crippen molar-refractivity contribution in [2.24, 2.45) is 7.05 Å². The quantitative estimate of drug-likeness (QED) is 0.896. The molecular formula is C12H12F2N4O2. The van der Waals surface area contributed by atoms with E-state index in [-0.39, 0.29) is 5.95 Å². The highest BCUT2D eigenvalue weighted by atomic mass is 19.2. The molecule has 1 amide bonds. The van der Waals surface area contributed by atoms with Crippen LogP contribution in [-0.2, 0) is 13.5 Å². The number of aromatic nitrogens is 3. The molecule has 0 aliphatic carbocycles. The van der Waals surface area contributed by atoms with E-state index in [1.54, 1.807) is 7.05 Å². The summed E-state index contributed by atoms with van der Waals surface area (Å²) in [5, 5.41) is 15.2. The van der Waals surface area contributed by atoms with Crippen LogP contribution in [0.3, 0.4) is 0 Å². The van der Waals surface area contributed by atoms with Crippen molar-refractivity contribution in [1.82, 2.24) is 14.8 Å². The first-order valence-corrected chi connectivity index (χ1v) is 5.82. The zero-order chi connectivity index (χ0) is 14.9. The van der Waals surface area contributed by atoms with E-state index < -0.39 is 28.9 Å². The Bertz CT molecular complexity index is 670. The molecule has 0 aliphatic heterocycles. The summed E-state index contributed by atoms with van der Waals surface area (Å²) in [5.41, 5.74) is -0.536. The Morgan fingerprint density at radius 1 is 1.40 bits per heavy atom. The third-order valence-electron chi connectivity index (χ3n) is 2.70. The first-order valence-electron chi connectivity index (χ1n) is 5.82. The molecule has 1 aromatic carbocycles. The first kappa shape index (κ1) is 13.9. The Labute approximate surface area is 113 Å². The van der Waals surface area contributed by atoms with Gasteiger partial charge in [0.2, 0.25) is 11.8 Å². The first-order chi connectivity index (χ1) is 9.43. The summed E-state index contributed by atoms with van der Waals surface area (Å²) in [6.45, 7) is 1.87. The minimum absolute atomic E-state index is 0.00207. The van der Waals surface area contributed by atoms with Crippen LogP contribution in [0, 0.1) is 11.6 Å². The van der Waals surface area contributed by atoms with Gasteiger partial charge in [-0.2, -0.15) is 9.37 Å². The Balaban J connectivity index is 2.26. The molecule has 0 bridgehead atoms. The van der Waals surface area contributed by atoms with Crippen LogP contribution >= 0.6 is 0 Å². The number of amides is 1. The van der Waals surface area contributed by atoms with Crippen molar-refractivity contribution in [1.29, 1.82) is 0 Å². The fourth-order valence-corrected chi connectivity index (χ4v) is 1.66. The lowest BCUT2D eigenvalue weighted by molar-refractivity contribution is 0.102. The Morgan fingerprint density at radius 2 is 2.10 bits per heavy atom. The molecular weight excluding hydrogens is 270 g/mol. The van der Waals surface area contributed by atoms with Gasteiger partial charge in [0, 0.05) is 13.5 Å². The smallest absolute Gasteiger partial charge is 0.261 e. The topological polar surface area (TPSA) is 80.0 Å². The minimum Gasteiger partial charge on any atom is -0.505 e. The number of hydrogen-bond acceptors (Lipinski definition) is 4. The molecule has 0 aliphatic rings. The lowest BCUT2D eigenvalue weighted by Crippen LogP contribution is -2.15. The third kappa shape index (κ3) is 2.44. The van der Waals surface area contributed by atoms with E-state index >= 15 is 0 Å². The van der Waals surface area contributed by atoms with Crippen LogP contribution in [0.2, 0.25) is 0 Å². The summed E-state index contributed by atoms with van der Waals surface area (Å²) >= 11 is 0. The van der Waals surface area contributed by atoms with E-state index in [9.17, 15) is 13.6 Å². The Hall–Kier alpha value is -2.51. The van der Waals surface area contributed by atoms with Gasteiger partial charge >= 0.3 is 0 Å². The van der Waals surface area contributed by atoms with Crippen LogP contribution in [0.1, 0.15) is 23.1 Å². The number of benzene rings is 1. The van der Waals surface area contributed by atoms with E-state index in [0.717, 1.165) is 12.1 Å². The van der Waals surface area contributed by atoms with Crippen molar-refractivity contribution in [3.05, 3.63) is 35.2 Å². The maximum Gasteiger partial charge on any atom is 0.261 e. The van der Waals surface area contributed by atoms with Crippen molar-refractivity contribution in [3.63, 3.8) is 0 Å². The second-order valence-electron chi connectivity index (χ2n) is 4.04. The predicted octanol–water partition coefficient (Wildman–Crippen LogP) is 1.61. The molecule has 2 N–H and O–H groups in total. The van der Waals surface area contributed by atoms with Gasteiger partial charge in [0.1, 0.15) is 5.82 Å². The van der Waals surface area contributed by atoms with E-state index in [1.165, 1.54) is 4.68 Å². The Kier molecular flexibility index (Phi) is 3.64. The van der Waals surface area contributed by atoms with Gasteiger partial charge in [-0.1, -0.05) is 6.92 Å². The monoisotopic (exact) mass is 282 g/mol. The number of anilines is 1. The molecule has 2 rings (SSSR count). The van der Waals surface area contributed by atoms with Gasteiger partial charge in [0.15, 0.2) is 11.6 Å². The van der Waals surface area contributed by atoms with Crippen molar-refractivity contribution < 1.29 is 18.7 Å². The molecule has 0 radical (unpaired) electrons. The van der Waals surface area contributed by atoms with E-state index in [0.29, 0.717) is 12.2 Å². The fraction of sp³-hybridized carbons (Fsp3) is 0.250. The summed E-state index contributed by atoms with van der Waals surface area (Å²) in [5.74, 6) is -4.01. The van der Waals surface area contributed by atoms with Gasteiger partial charge in [-0.25, -0.2) is 4.39 Å². The molecule has 2 aromatic rings. The van der Waals surface area contributed by atoms with Gasteiger partial charge in [-0.15, -0.1) is 5.10 Å². The SMILES string of the molecule is CCc1nc(NC(=O)c2ccc(O)c(F)c2F)nn1C. The third-order valence-corrected chi connectivity index (χ3v) is 2.70. The number of aromatic hydroxyl groups is 1. The minimum atomic E-state index is -1.47. The molecule has 20 heavy (non-hydrogen) atoms. The van der Waals surface area contributed by atoms with Gasteiger partial charge < -0.3 is 5.11 Å². The number of carbonyl (C=O) groups is 1. The van der Waals surface area contributed by atoms with Gasteiger partial charge in [-0.3, -0.25) is 14.8 Å². The second-order valence-corrected chi connectivity index (χ2v) is 4.04. The molecule has 0 unspecified atom stereocenters. The van der Waals surface area contributed by atoms with Crippen molar-refractivity contribution >= 4 is 11.9 Å². The average Bonchev–Trinajstić information content (AvgIpc) is 2.76. The molecule has 0 atom stereocenters. The molecule has 0 fully saturated rings. The van der Waals surface area contributed by atoms with Crippen LogP contribution in [-0.4, -0.2) is 25.8 Å². The number of halogens is 2. The number of carbonyl (C=O) groups excluding carboxylic acids is 1. The zero-order valence-corrected chi connectivity index (χ0v) is 10.8. The molecule has 0 spiro atoms. The van der Waals surface area contributed by atoms with E-state index in [2.05, 4.69) is 15.4 Å². The number of nitrogens with zero attached hydrogens (tertiary/aromatic N) is 3. The maximum atomic E-state index is 13.5. The maximum absolute atomic E-state index is 13.5. The van der Waals surface area contributed by atoms with Crippen LogP contribution < -0.4 is 5.32 Å². The van der Waals surface area contributed by atoms with E-state index in [4.69, 9.17) is 5.11 Å². The number of phenols is 1. The van der Waals surface area contributed by atoms with Crippen LogP contribution in [0.4, 0.5) is 14.7 Å². The number of rotatable bonds is 3. The van der Waals surface area contributed by atoms with Crippen molar-refractivity contribution in [3.8, 4) is 5.75 Å². The largest absolute Gasteiger partial charge is 0.505 e. The summed E-state index contributed by atoms with van der Waals surface area (Å²) in [6, 6.07) is 1.88. The molecule has 0 saturated carbocycles. The fourth-order valence-electron chi connectivity index (χ4n) is 1.66. The molecule has 1 aromatic heterocycles. The molecule has 8 heteroatoms. The molecule has 0 saturated heterocycles. The van der Waals surface area contributed by atoms with Crippen LogP contribution in [0.15, 0.2) is 12.1 Å². The normalized spacial score (nSPS) is 10.6. The van der Waals surface area contributed by atoms with Crippen LogP contribution in [0.25, 0.3) is 0 Å². The van der Waals surface area contributed by atoms with Crippen molar-refractivity contribution in [2.45, 2.75) is 13.3 Å². The predicted molar refractivity (Wildman–Crippen MR) is 66.4 cm³/mol. The number of aryl methyl sites for hydroxylation is 2. The zero-order valence-electron chi connectivity index (χ0n) is 10.8. The number of hydrogen-bond donors (Lipinski definition) is 2. The van der Waals surface area contributed by atoms with Crippen LogP contribution in [0.5, 0.6) is 5.75 Å². The Morgan fingerprint density at radius 3 is 2.70 bits per heavy atom. The number of phenolic OH excluding ortho intramolecular Hbond substituents is 1. The summed E-state index contributed by atoms with van der Waals surface area (Å²) in [4.78, 5) is 15.8. The summed E-state index contributed by atoms with van der Waals surface area (Å²) in [7, 11) is 1.66.